The van der Waals surface area contributed by atoms with Gasteiger partial charge in [0.05, 0.1) is 12.1 Å². The highest BCUT2D eigenvalue weighted by molar-refractivity contribution is 7.09. The SMILES string of the molecule is Cc1csc([C@](O)(CC(=O)NNc2ccc(F)cc2)C(F)(F)F)n1. The number of aromatic nitrogens is 1. The average molecular weight is 363 g/mol. The van der Waals surface area contributed by atoms with Crippen LogP contribution in [0.15, 0.2) is 29.6 Å². The number of hydrogen-bond acceptors (Lipinski definition) is 5. The van der Waals surface area contributed by atoms with Crippen molar-refractivity contribution < 1.29 is 27.5 Å². The van der Waals surface area contributed by atoms with Gasteiger partial charge in [0.1, 0.15) is 10.8 Å². The summed E-state index contributed by atoms with van der Waals surface area (Å²) in [6.45, 7) is 1.48. The summed E-state index contributed by atoms with van der Waals surface area (Å²) in [4.78, 5) is 15.4. The van der Waals surface area contributed by atoms with E-state index < -0.39 is 34.9 Å². The molecule has 0 aliphatic rings. The zero-order chi connectivity index (χ0) is 18.0. The van der Waals surface area contributed by atoms with E-state index in [9.17, 15) is 27.5 Å². The predicted molar refractivity (Wildman–Crippen MR) is 79.6 cm³/mol. The highest BCUT2D eigenvalue weighted by atomic mass is 32.1. The molecule has 0 spiro atoms. The van der Waals surface area contributed by atoms with E-state index in [4.69, 9.17) is 0 Å². The van der Waals surface area contributed by atoms with Crippen molar-refractivity contribution in [3.63, 3.8) is 0 Å². The first kappa shape index (κ1) is 18.1. The van der Waals surface area contributed by atoms with Gasteiger partial charge in [0.15, 0.2) is 0 Å². The zero-order valence-corrected chi connectivity index (χ0v) is 13.1. The molecular weight excluding hydrogens is 350 g/mol. The lowest BCUT2D eigenvalue weighted by Crippen LogP contribution is -2.47. The molecule has 1 heterocycles. The number of alkyl halides is 3. The normalized spacial score (nSPS) is 14.1. The van der Waals surface area contributed by atoms with Gasteiger partial charge in [0, 0.05) is 11.1 Å². The Kier molecular flexibility index (Phi) is 5.09. The molecule has 2 rings (SSSR count). The number of hydrogen-bond donors (Lipinski definition) is 3. The fraction of sp³-hybridized carbons (Fsp3) is 0.286. The van der Waals surface area contributed by atoms with Gasteiger partial charge in [-0.05, 0) is 31.2 Å². The summed E-state index contributed by atoms with van der Waals surface area (Å²) in [5, 5.41) is 10.8. The summed E-state index contributed by atoms with van der Waals surface area (Å²) in [5.41, 5.74) is 1.56. The monoisotopic (exact) mass is 363 g/mol. The van der Waals surface area contributed by atoms with E-state index in [1.807, 2.05) is 5.43 Å². The maximum Gasteiger partial charge on any atom is 0.424 e. The lowest BCUT2D eigenvalue weighted by atomic mass is 9.99. The third kappa shape index (κ3) is 4.01. The zero-order valence-electron chi connectivity index (χ0n) is 12.3. The molecule has 24 heavy (non-hydrogen) atoms. The maximum atomic E-state index is 13.2. The Morgan fingerprint density at radius 2 is 1.92 bits per heavy atom. The van der Waals surface area contributed by atoms with Gasteiger partial charge in [-0.3, -0.25) is 15.6 Å². The van der Waals surface area contributed by atoms with Crippen LogP contribution >= 0.6 is 11.3 Å². The van der Waals surface area contributed by atoms with Crippen LogP contribution in [0, 0.1) is 12.7 Å². The molecule has 1 amide bonds. The minimum absolute atomic E-state index is 0.269. The average Bonchev–Trinajstić information content (AvgIpc) is 2.92. The second-order valence-corrected chi connectivity index (χ2v) is 5.87. The van der Waals surface area contributed by atoms with Crippen LogP contribution in [0.25, 0.3) is 0 Å². The summed E-state index contributed by atoms with van der Waals surface area (Å²) in [5.74, 6) is -1.61. The topological polar surface area (TPSA) is 74.2 Å². The number of hydrazine groups is 1. The minimum Gasteiger partial charge on any atom is -0.374 e. The Morgan fingerprint density at radius 1 is 1.29 bits per heavy atom. The minimum atomic E-state index is -5.08. The van der Waals surface area contributed by atoms with Crippen molar-refractivity contribution in [3.05, 3.63) is 46.2 Å². The highest BCUT2D eigenvalue weighted by Gasteiger charge is 2.58. The van der Waals surface area contributed by atoms with E-state index >= 15 is 0 Å². The van der Waals surface area contributed by atoms with Gasteiger partial charge in [-0.25, -0.2) is 9.37 Å². The molecule has 0 aliphatic heterocycles. The van der Waals surface area contributed by atoms with Crippen molar-refractivity contribution >= 4 is 22.9 Å². The van der Waals surface area contributed by atoms with Crippen molar-refractivity contribution in [1.82, 2.24) is 10.4 Å². The largest absolute Gasteiger partial charge is 0.424 e. The van der Waals surface area contributed by atoms with Gasteiger partial charge in [0.2, 0.25) is 11.5 Å². The number of carbonyl (C=O) groups is 1. The van der Waals surface area contributed by atoms with Crippen LogP contribution in [-0.4, -0.2) is 22.2 Å². The van der Waals surface area contributed by atoms with Gasteiger partial charge in [-0.2, -0.15) is 13.2 Å². The Labute approximate surface area is 138 Å². The molecular formula is C14H13F4N3O2S. The first-order valence-corrected chi connectivity index (χ1v) is 7.52. The Hall–Kier alpha value is -2.20. The molecule has 5 nitrogen and oxygen atoms in total. The quantitative estimate of drug-likeness (QED) is 0.564. The number of rotatable bonds is 5. The van der Waals surface area contributed by atoms with Gasteiger partial charge in [-0.15, -0.1) is 11.3 Å². The fourth-order valence-electron chi connectivity index (χ4n) is 1.79. The van der Waals surface area contributed by atoms with Crippen molar-refractivity contribution in [2.24, 2.45) is 0 Å². The number of aryl methyl sites for hydroxylation is 1. The van der Waals surface area contributed by atoms with Crippen molar-refractivity contribution in [3.8, 4) is 0 Å². The van der Waals surface area contributed by atoms with Crippen LogP contribution in [0.3, 0.4) is 0 Å². The number of benzene rings is 1. The predicted octanol–water partition coefficient (Wildman–Crippen LogP) is 2.87. The Bertz CT molecular complexity index is 718. The maximum absolute atomic E-state index is 13.2. The molecule has 2 aromatic rings. The van der Waals surface area contributed by atoms with Crippen molar-refractivity contribution in [1.29, 1.82) is 0 Å². The molecule has 0 saturated carbocycles. The standard InChI is InChI=1S/C14H13F4N3O2S/c1-8-7-24-12(19-8)13(23,14(16,17)18)6-11(22)21-20-10-4-2-9(15)3-5-10/h2-5,7,20,23H,6H2,1H3,(H,21,22)/t13-/m1/s1. The molecule has 0 aliphatic carbocycles. The lowest BCUT2D eigenvalue weighted by Gasteiger charge is -2.27. The molecule has 130 valence electrons. The van der Waals surface area contributed by atoms with E-state index in [1.54, 1.807) is 0 Å². The number of anilines is 1. The van der Waals surface area contributed by atoms with Crippen LogP contribution in [0.2, 0.25) is 0 Å². The number of aliphatic hydroxyl groups is 1. The Morgan fingerprint density at radius 3 is 2.42 bits per heavy atom. The molecule has 0 bridgehead atoms. The summed E-state index contributed by atoms with van der Waals surface area (Å²) in [6.07, 6.45) is -6.35. The highest BCUT2D eigenvalue weighted by Crippen LogP contribution is 2.42. The molecule has 3 N–H and O–H groups in total. The molecule has 1 aromatic carbocycles. The number of halogens is 4. The van der Waals surface area contributed by atoms with Gasteiger partial charge in [-0.1, -0.05) is 0 Å². The number of amides is 1. The summed E-state index contributed by atoms with van der Waals surface area (Å²) >= 11 is 0.618. The first-order valence-electron chi connectivity index (χ1n) is 6.64. The van der Waals surface area contributed by atoms with Crippen molar-refractivity contribution in [2.75, 3.05) is 5.43 Å². The Balaban J connectivity index is 2.09. The number of thiazole rings is 1. The van der Waals surface area contributed by atoms with E-state index in [2.05, 4.69) is 10.4 Å². The van der Waals surface area contributed by atoms with E-state index in [0.29, 0.717) is 17.0 Å². The molecule has 0 radical (unpaired) electrons. The third-order valence-electron chi connectivity index (χ3n) is 3.05. The van der Waals surface area contributed by atoms with Crippen LogP contribution in [0.4, 0.5) is 23.2 Å². The summed E-state index contributed by atoms with van der Waals surface area (Å²) in [7, 11) is 0. The summed E-state index contributed by atoms with van der Waals surface area (Å²) in [6, 6.07) is 4.79. The van der Waals surface area contributed by atoms with E-state index in [1.165, 1.54) is 24.4 Å². The molecule has 0 fully saturated rings. The number of nitrogens with zero attached hydrogens (tertiary/aromatic N) is 1. The lowest BCUT2D eigenvalue weighted by molar-refractivity contribution is -0.267. The van der Waals surface area contributed by atoms with Crippen LogP contribution in [-0.2, 0) is 10.4 Å². The van der Waals surface area contributed by atoms with Crippen LogP contribution in [0.5, 0.6) is 0 Å². The third-order valence-corrected chi connectivity index (χ3v) is 4.16. The van der Waals surface area contributed by atoms with Gasteiger partial charge >= 0.3 is 6.18 Å². The van der Waals surface area contributed by atoms with Crippen molar-refractivity contribution in [2.45, 2.75) is 25.1 Å². The fourth-order valence-corrected chi connectivity index (χ4v) is 2.71. The van der Waals surface area contributed by atoms with Gasteiger partial charge < -0.3 is 5.11 Å². The smallest absolute Gasteiger partial charge is 0.374 e. The first-order chi connectivity index (χ1) is 11.1. The van der Waals surface area contributed by atoms with E-state index in [0.717, 1.165) is 12.1 Å². The number of carbonyl (C=O) groups excluding carboxylic acids is 1. The molecule has 1 atom stereocenters. The van der Waals surface area contributed by atoms with Crippen LogP contribution in [0.1, 0.15) is 17.1 Å². The summed E-state index contributed by atoms with van der Waals surface area (Å²) < 4.78 is 52.5. The van der Waals surface area contributed by atoms with E-state index in [-0.39, 0.29) is 5.69 Å². The molecule has 0 unspecified atom stereocenters. The second-order valence-electron chi connectivity index (χ2n) is 5.01. The van der Waals surface area contributed by atoms with Crippen LogP contribution < -0.4 is 10.9 Å². The van der Waals surface area contributed by atoms with Gasteiger partial charge in [0.25, 0.3) is 0 Å². The molecule has 10 heteroatoms. The molecule has 0 saturated heterocycles. The molecule has 1 aromatic heterocycles. The second kappa shape index (κ2) is 6.73. The number of nitrogens with one attached hydrogen (secondary N) is 2.